The molecule has 0 aliphatic carbocycles. The monoisotopic (exact) mass is 246 g/mol. The van der Waals surface area contributed by atoms with Gasteiger partial charge in [-0.2, -0.15) is 0 Å². The van der Waals surface area contributed by atoms with Crippen LogP contribution in [0.1, 0.15) is 28.8 Å². The molecule has 0 spiro atoms. The van der Waals surface area contributed by atoms with Gasteiger partial charge in [0, 0.05) is 24.4 Å². The van der Waals surface area contributed by atoms with Crippen LogP contribution in [0.25, 0.3) is 0 Å². The van der Waals surface area contributed by atoms with Crippen LogP contribution in [0.4, 0.5) is 5.69 Å². The van der Waals surface area contributed by atoms with Crippen molar-refractivity contribution in [1.82, 2.24) is 5.32 Å². The van der Waals surface area contributed by atoms with E-state index in [0.717, 1.165) is 43.7 Å². The van der Waals surface area contributed by atoms with Gasteiger partial charge in [0.05, 0.1) is 12.6 Å². The van der Waals surface area contributed by atoms with Gasteiger partial charge in [0.15, 0.2) is 0 Å². The summed E-state index contributed by atoms with van der Waals surface area (Å²) < 4.78 is 5.37. The Morgan fingerprint density at radius 1 is 1.44 bits per heavy atom. The summed E-state index contributed by atoms with van der Waals surface area (Å²) in [6.45, 7) is 2.42. The minimum atomic E-state index is 0.0141. The number of anilines is 1. The van der Waals surface area contributed by atoms with Crippen molar-refractivity contribution in [2.24, 2.45) is 0 Å². The number of carbonyl (C=O) groups is 1. The highest BCUT2D eigenvalue weighted by Gasteiger charge is 2.18. The second-order valence-electron chi connectivity index (χ2n) is 4.94. The van der Waals surface area contributed by atoms with Crippen molar-refractivity contribution in [2.45, 2.75) is 25.3 Å². The van der Waals surface area contributed by atoms with Gasteiger partial charge in [-0.25, -0.2) is 0 Å². The van der Waals surface area contributed by atoms with Crippen LogP contribution in [-0.4, -0.2) is 31.7 Å². The number of hydrogen-bond acceptors (Lipinski definition) is 3. The Bertz CT molecular complexity index is 453. The van der Waals surface area contributed by atoms with Gasteiger partial charge in [-0.1, -0.05) is 0 Å². The molecule has 1 aromatic rings. The maximum absolute atomic E-state index is 12.1. The molecule has 1 atom stereocenters. The van der Waals surface area contributed by atoms with Crippen molar-refractivity contribution in [2.75, 3.05) is 25.1 Å². The fraction of sp³-hybridized carbons (Fsp3) is 0.500. The van der Waals surface area contributed by atoms with Gasteiger partial charge < -0.3 is 15.4 Å². The van der Waals surface area contributed by atoms with E-state index in [1.54, 1.807) is 0 Å². The third-order valence-electron chi connectivity index (χ3n) is 3.57. The summed E-state index contributed by atoms with van der Waals surface area (Å²) in [7, 11) is 0. The Morgan fingerprint density at radius 3 is 3.22 bits per heavy atom. The molecule has 2 heterocycles. The molecular weight excluding hydrogens is 228 g/mol. The van der Waals surface area contributed by atoms with E-state index in [1.165, 1.54) is 5.56 Å². The van der Waals surface area contributed by atoms with Gasteiger partial charge >= 0.3 is 0 Å². The fourth-order valence-corrected chi connectivity index (χ4v) is 2.57. The van der Waals surface area contributed by atoms with Crippen molar-refractivity contribution < 1.29 is 9.53 Å². The number of nitrogens with one attached hydrogen (secondary N) is 2. The van der Waals surface area contributed by atoms with Crippen LogP contribution in [0.5, 0.6) is 0 Å². The predicted octanol–water partition coefficient (Wildman–Crippen LogP) is 1.56. The molecule has 18 heavy (non-hydrogen) atoms. The summed E-state index contributed by atoms with van der Waals surface area (Å²) in [5.74, 6) is 0.0141. The molecule has 96 valence electrons. The smallest absolute Gasteiger partial charge is 0.251 e. The summed E-state index contributed by atoms with van der Waals surface area (Å²) in [5.41, 5.74) is 3.15. The predicted molar refractivity (Wildman–Crippen MR) is 69.9 cm³/mol. The number of fused-ring (bicyclic) bond motifs is 1. The van der Waals surface area contributed by atoms with E-state index in [0.29, 0.717) is 6.61 Å². The molecular formula is C14H18N2O2. The Kier molecular flexibility index (Phi) is 3.19. The first kappa shape index (κ1) is 11.5. The average Bonchev–Trinajstić information content (AvgIpc) is 2.87. The third kappa shape index (κ3) is 2.34. The quantitative estimate of drug-likeness (QED) is 0.832. The van der Waals surface area contributed by atoms with Crippen LogP contribution in [0.15, 0.2) is 18.2 Å². The van der Waals surface area contributed by atoms with Gasteiger partial charge in [0.1, 0.15) is 0 Å². The summed E-state index contributed by atoms with van der Waals surface area (Å²) in [6.07, 6.45) is 3.04. The molecule has 0 bridgehead atoms. The maximum Gasteiger partial charge on any atom is 0.251 e. The van der Waals surface area contributed by atoms with Crippen LogP contribution in [0.2, 0.25) is 0 Å². The second kappa shape index (κ2) is 4.98. The van der Waals surface area contributed by atoms with Crippen molar-refractivity contribution >= 4 is 11.6 Å². The van der Waals surface area contributed by atoms with E-state index in [4.69, 9.17) is 4.74 Å². The van der Waals surface area contributed by atoms with Crippen LogP contribution in [-0.2, 0) is 11.2 Å². The molecule has 2 aliphatic rings. The lowest BCUT2D eigenvalue weighted by Crippen LogP contribution is -2.40. The molecule has 4 nitrogen and oxygen atoms in total. The lowest BCUT2D eigenvalue weighted by Gasteiger charge is -2.23. The molecule has 1 saturated heterocycles. The Balaban J connectivity index is 1.68. The molecule has 4 heteroatoms. The Labute approximate surface area is 107 Å². The van der Waals surface area contributed by atoms with Gasteiger partial charge in [-0.3, -0.25) is 4.79 Å². The van der Waals surface area contributed by atoms with Gasteiger partial charge in [0.2, 0.25) is 0 Å². The van der Waals surface area contributed by atoms with E-state index in [-0.39, 0.29) is 11.9 Å². The Hall–Kier alpha value is -1.55. The molecule has 0 saturated carbocycles. The zero-order valence-corrected chi connectivity index (χ0v) is 10.4. The first-order valence-corrected chi connectivity index (χ1v) is 6.58. The minimum Gasteiger partial charge on any atom is -0.384 e. The third-order valence-corrected chi connectivity index (χ3v) is 3.57. The summed E-state index contributed by atoms with van der Waals surface area (Å²) in [5, 5.41) is 6.34. The average molecular weight is 246 g/mol. The summed E-state index contributed by atoms with van der Waals surface area (Å²) in [4.78, 5) is 12.1. The van der Waals surface area contributed by atoms with E-state index < -0.39 is 0 Å². The van der Waals surface area contributed by atoms with Gasteiger partial charge in [-0.05, 0) is 43.0 Å². The highest BCUT2D eigenvalue weighted by Crippen LogP contribution is 2.23. The van der Waals surface area contributed by atoms with E-state index in [9.17, 15) is 4.79 Å². The van der Waals surface area contributed by atoms with Gasteiger partial charge in [0.25, 0.3) is 5.91 Å². The SMILES string of the molecule is O=C(NC1CCCOC1)c1ccc2c(c1)CCN2. The molecule has 0 radical (unpaired) electrons. The van der Waals surface area contributed by atoms with Crippen LogP contribution >= 0.6 is 0 Å². The van der Waals surface area contributed by atoms with Crippen molar-refractivity contribution in [3.05, 3.63) is 29.3 Å². The van der Waals surface area contributed by atoms with Crippen LogP contribution in [0.3, 0.4) is 0 Å². The first-order chi connectivity index (χ1) is 8.83. The lowest BCUT2D eigenvalue weighted by atomic mass is 10.1. The molecule has 3 rings (SSSR count). The summed E-state index contributed by atoms with van der Waals surface area (Å²) >= 11 is 0. The van der Waals surface area contributed by atoms with Crippen LogP contribution in [0, 0.1) is 0 Å². The largest absolute Gasteiger partial charge is 0.384 e. The molecule has 1 aromatic carbocycles. The normalized spacial score (nSPS) is 22.1. The van der Waals surface area contributed by atoms with Crippen molar-refractivity contribution in [3.63, 3.8) is 0 Å². The molecule has 1 fully saturated rings. The standard InChI is InChI=1S/C14H18N2O2/c17-14(16-12-2-1-7-18-9-12)11-3-4-13-10(8-11)5-6-15-13/h3-4,8,12,15H,1-2,5-7,9H2,(H,16,17). The summed E-state index contributed by atoms with van der Waals surface area (Å²) in [6, 6.07) is 6.04. The van der Waals surface area contributed by atoms with Crippen LogP contribution < -0.4 is 10.6 Å². The van der Waals surface area contributed by atoms with E-state index in [1.807, 2.05) is 18.2 Å². The van der Waals surface area contributed by atoms with E-state index in [2.05, 4.69) is 10.6 Å². The Morgan fingerprint density at radius 2 is 2.39 bits per heavy atom. The number of benzene rings is 1. The first-order valence-electron chi connectivity index (χ1n) is 6.58. The molecule has 0 aromatic heterocycles. The van der Waals surface area contributed by atoms with Gasteiger partial charge in [-0.15, -0.1) is 0 Å². The maximum atomic E-state index is 12.1. The number of ether oxygens (including phenoxy) is 1. The topological polar surface area (TPSA) is 50.4 Å². The van der Waals surface area contributed by atoms with Crippen molar-refractivity contribution in [1.29, 1.82) is 0 Å². The van der Waals surface area contributed by atoms with E-state index >= 15 is 0 Å². The molecule has 2 aliphatic heterocycles. The highest BCUT2D eigenvalue weighted by atomic mass is 16.5. The molecule has 1 unspecified atom stereocenters. The van der Waals surface area contributed by atoms with Crippen molar-refractivity contribution in [3.8, 4) is 0 Å². The lowest BCUT2D eigenvalue weighted by molar-refractivity contribution is 0.0624. The number of rotatable bonds is 2. The second-order valence-corrected chi connectivity index (χ2v) is 4.94. The molecule has 2 N–H and O–H groups in total. The zero-order valence-electron chi connectivity index (χ0n) is 10.4. The fourth-order valence-electron chi connectivity index (χ4n) is 2.57. The zero-order chi connectivity index (χ0) is 12.4. The number of amides is 1. The minimum absolute atomic E-state index is 0.0141. The molecule has 1 amide bonds. The number of carbonyl (C=O) groups excluding carboxylic acids is 1. The highest BCUT2D eigenvalue weighted by molar-refractivity contribution is 5.95. The number of hydrogen-bond donors (Lipinski definition) is 2.